The number of nitrogens with one attached hydrogen (secondary N) is 4. The Morgan fingerprint density at radius 2 is 1.97 bits per heavy atom. The summed E-state index contributed by atoms with van der Waals surface area (Å²) in [6.45, 7) is 5.26. The van der Waals surface area contributed by atoms with Crippen molar-refractivity contribution in [1.82, 2.24) is 15.6 Å². The number of fused-ring (bicyclic) bond motifs is 1. The predicted molar refractivity (Wildman–Crippen MR) is 152 cm³/mol. The number of aromatic amines is 1. The van der Waals surface area contributed by atoms with E-state index in [2.05, 4.69) is 34.8 Å². The average molecular weight is 521 g/mol. The van der Waals surface area contributed by atoms with Crippen molar-refractivity contribution in [3.8, 4) is 5.75 Å². The number of aromatic hydroxyl groups is 1. The number of phenolic OH excluding ortho intramolecular Hbond substituents is 1. The third-order valence-electron chi connectivity index (χ3n) is 7.38. The fraction of sp³-hybridized carbons (Fsp3) is 0.467. The van der Waals surface area contributed by atoms with E-state index in [4.69, 9.17) is 0 Å². The number of benzene rings is 2. The van der Waals surface area contributed by atoms with Gasteiger partial charge in [-0.3, -0.25) is 4.79 Å². The molecule has 3 atom stereocenters. The largest absolute Gasteiger partial charge is 0.506 e. The van der Waals surface area contributed by atoms with Crippen LogP contribution in [0.15, 0.2) is 53.3 Å². The molecule has 3 unspecified atom stereocenters. The average Bonchev–Trinajstić information content (AvgIpc) is 3.71. The fourth-order valence-corrected chi connectivity index (χ4v) is 5.14. The van der Waals surface area contributed by atoms with Gasteiger partial charge in [0, 0.05) is 29.7 Å². The lowest BCUT2D eigenvalue weighted by molar-refractivity contribution is 0.176. The van der Waals surface area contributed by atoms with Crippen LogP contribution in [-0.2, 0) is 6.42 Å². The van der Waals surface area contributed by atoms with Crippen molar-refractivity contribution in [3.05, 3.63) is 70.0 Å². The first-order chi connectivity index (χ1) is 18.3. The number of hydrogen-bond acceptors (Lipinski definition) is 5. The molecule has 6 N–H and O–H groups in total. The first-order valence-corrected chi connectivity index (χ1v) is 13.7. The fourth-order valence-electron chi connectivity index (χ4n) is 5.14. The molecule has 2 aromatic carbocycles. The van der Waals surface area contributed by atoms with Gasteiger partial charge in [0.05, 0.1) is 11.6 Å². The maximum atomic E-state index is 12.5. The van der Waals surface area contributed by atoms with Crippen LogP contribution in [0.5, 0.6) is 5.75 Å². The van der Waals surface area contributed by atoms with Gasteiger partial charge in [-0.25, -0.2) is 4.79 Å². The Morgan fingerprint density at radius 3 is 2.74 bits per heavy atom. The molecule has 1 saturated carbocycles. The van der Waals surface area contributed by atoms with Crippen LogP contribution in [0.4, 0.5) is 10.5 Å². The van der Waals surface area contributed by atoms with Gasteiger partial charge in [0.1, 0.15) is 5.75 Å². The lowest BCUT2D eigenvalue weighted by Gasteiger charge is -2.21. The standard InChI is InChI=1S/C30H40N4O4/c1-3-20(16-22-7-8-22)15-19(2)32-30(38)33-23-6-4-5-21(17-23)13-14-31-18-27(36)24-9-11-26(35)29-25(24)10-12-28(37)34-29/h4-6,9-12,17,19-20,22,27,31,35-36H,3,7-8,13-16,18H2,1-2H3,(H,34,37)(H2,32,33,38). The van der Waals surface area contributed by atoms with Crippen LogP contribution in [0.1, 0.15) is 63.2 Å². The van der Waals surface area contributed by atoms with Gasteiger partial charge in [-0.05, 0) is 80.0 Å². The second-order valence-corrected chi connectivity index (χ2v) is 10.6. The maximum Gasteiger partial charge on any atom is 0.319 e. The highest BCUT2D eigenvalue weighted by Crippen LogP contribution is 2.37. The Morgan fingerprint density at radius 1 is 1.16 bits per heavy atom. The van der Waals surface area contributed by atoms with E-state index in [9.17, 15) is 19.8 Å². The van der Waals surface area contributed by atoms with Crippen molar-refractivity contribution in [2.45, 2.75) is 64.5 Å². The zero-order valence-electron chi connectivity index (χ0n) is 22.3. The van der Waals surface area contributed by atoms with E-state index < -0.39 is 6.10 Å². The number of aromatic nitrogens is 1. The zero-order valence-corrected chi connectivity index (χ0v) is 22.3. The van der Waals surface area contributed by atoms with E-state index in [0.717, 1.165) is 36.4 Å². The van der Waals surface area contributed by atoms with Crippen molar-refractivity contribution in [1.29, 1.82) is 0 Å². The summed E-state index contributed by atoms with van der Waals surface area (Å²) in [4.78, 5) is 26.8. The molecule has 0 spiro atoms. The second-order valence-electron chi connectivity index (χ2n) is 10.6. The maximum absolute atomic E-state index is 12.5. The van der Waals surface area contributed by atoms with Crippen LogP contribution < -0.4 is 21.5 Å². The van der Waals surface area contributed by atoms with Crippen LogP contribution in [0.3, 0.4) is 0 Å². The molecule has 204 valence electrons. The molecule has 0 radical (unpaired) electrons. The molecule has 1 aromatic heterocycles. The topological polar surface area (TPSA) is 126 Å². The lowest BCUT2D eigenvalue weighted by Crippen LogP contribution is -2.37. The number of aliphatic hydroxyl groups excluding tert-OH is 1. The smallest absolute Gasteiger partial charge is 0.319 e. The molecule has 1 aliphatic carbocycles. The van der Waals surface area contributed by atoms with E-state index in [1.165, 1.54) is 31.4 Å². The van der Waals surface area contributed by atoms with Crippen LogP contribution >= 0.6 is 0 Å². The van der Waals surface area contributed by atoms with Crippen molar-refractivity contribution in [3.63, 3.8) is 0 Å². The zero-order chi connectivity index (χ0) is 27.1. The SMILES string of the molecule is CCC(CC1CC1)CC(C)NC(=O)Nc1cccc(CCNCC(O)c2ccc(O)c3[nH]c(=O)ccc23)c1. The summed E-state index contributed by atoms with van der Waals surface area (Å²) >= 11 is 0. The minimum atomic E-state index is -0.806. The van der Waals surface area contributed by atoms with E-state index in [-0.39, 0.29) is 23.4 Å². The number of urea groups is 1. The molecule has 8 heteroatoms. The minimum Gasteiger partial charge on any atom is -0.506 e. The summed E-state index contributed by atoms with van der Waals surface area (Å²) < 4.78 is 0. The predicted octanol–water partition coefficient (Wildman–Crippen LogP) is 4.83. The Balaban J connectivity index is 1.23. The van der Waals surface area contributed by atoms with Crippen LogP contribution in [0.25, 0.3) is 10.9 Å². The molecule has 2 amide bonds. The molecule has 0 saturated heterocycles. The van der Waals surface area contributed by atoms with Gasteiger partial charge in [-0.1, -0.05) is 44.4 Å². The van der Waals surface area contributed by atoms with E-state index >= 15 is 0 Å². The number of rotatable bonds is 13. The number of aliphatic hydroxyl groups is 1. The normalized spacial score (nSPS) is 15.7. The molecule has 8 nitrogen and oxygen atoms in total. The molecule has 0 aliphatic heterocycles. The van der Waals surface area contributed by atoms with Gasteiger partial charge in [0.25, 0.3) is 0 Å². The number of H-pyrrole nitrogens is 1. The number of carbonyl (C=O) groups is 1. The Hall–Kier alpha value is -3.36. The monoisotopic (exact) mass is 520 g/mol. The third-order valence-corrected chi connectivity index (χ3v) is 7.38. The van der Waals surface area contributed by atoms with E-state index in [0.29, 0.717) is 35.5 Å². The number of anilines is 1. The summed E-state index contributed by atoms with van der Waals surface area (Å²) in [5, 5.41) is 30.7. The first kappa shape index (κ1) is 27.7. The van der Waals surface area contributed by atoms with Crippen molar-refractivity contribution >= 4 is 22.6 Å². The lowest BCUT2D eigenvalue weighted by atomic mass is 9.92. The van der Waals surface area contributed by atoms with Gasteiger partial charge < -0.3 is 31.1 Å². The summed E-state index contributed by atoms with van der Waals surface area (Å²) in [7, 11) is 0. The van der Waals surface area contributed by atoms with Gasteiger partial charge in [0.15, 0.2) is 0 Å². The third kappa shape index (κ3) is 7.82. The van der Waals surface area contributed by atoms with Gasteiger partial charge >= 0.3 is 6.03 Å². The van der Waals surface area contributed by atoms with Crippen LogP contribution in [0.2, 0.25) is 0 Å². The van der Waals surface area contributed by atoms with Gasteiger partial charge in [0.2, 0.25) is 5.56 Å². The van der Waals surface area contributed by atoms with Crippen LogP contribution in [-0.4, -0.2) is 40.4 Å². The molecule has 0 bridgehead atoms. The Bertz CT molecular complexity index is 1290. The molecule has 38 heavy (non-hydrogen) atoms. The van der Waals surface area contributed by atoms with Gasteiger partial charge in [-0.15, -0.1) is 0 Å². The molecule has 1 aliphatic rings. The number of phenols is 1. The quantitative estimate of drug-likeness (QED) is 0.180. The number of hydrogen-bond donors (Lipinski definition) is 6. The summed E-state index contributed by atoms with van der Waals surface area (Å²) in [6, 6.07) is 13.9. The number of pyridine rings is 1. The van der Waals surface area contributed by atoms with E-state index in [1.54, 1.807) is 12.1 Å². The molecule has 3 aromatic rings. The highest BCUT2D eigenvalue weighted by molar-refractivity contribution is 5.89. The van der Waals surface area contributed by atoms with Gasteiger partial charge in [-0.2, -0.15) is 0 Å². The molecule has 4 rings (SSSR count). The molecule has 1 heterocycles. The highest BCUT2D eigenvalue weighted by atomic mass is 16.3. The molecular weight excluding hydrogens is 480 g/mol. The van der Waals surface area contributed by atoms with E-state index in [1.807, 2.05) is 24.3 Å². The van der Waals surface area contributed by atoms with Crippen molar-refractivity contribution in [2.75, 3.05) is 18.4 Å². The van der Waals surface area contributed by atoms with Crippen LogP contribution in [0, 0.1) is 11.8 Å². The molecule has 1 fully saturated rings. The summed E-state index contributed by atoms with van der Waals surface area (Å²) in [5.74, 6) is 1.54. The number of amides is 2. The summed E-state index contributed by atoms with van der Waals surface area (Å²) in [5.41, 5.74) is 2.46. The highest BCUT2D eigenvalue weighted by Gasteiger charge is 2.25. The van der Waals surface area contributed by atoms with Crippen molar-refractivity contribution in [2.24, 2.45) is 11.8 Å². The minimum absolute atomic E-state index is 0.0306. The number of carbonyl (C=O) groups excluding carboxylic acids is 1. The first-order valence-electron chi connectivity index (χ1n) is 13.7. The molecular formula is C30H40N4O4. The Labute approximate surface area is 223 Å². The Kier molecular flexibility index (Phi) is 9.42. The second kappa shape index (κ2) is 12.9. The summed E-state index contributed by atoms with van der Waals surface area (Å²) in [6.07, 6.45) is 6.10. The van der Waals surface area contributed by atoms with Crippen molar-refractivity contribution < 1.29 is 15.0 Å².